The summed E-state index contributed by atoms with van der Waals surface area (Å²) in [5.41, 5.74) is 0.553. The molecule has 0 spiro atoms. The van der Waals surface area contributed by atoms with E-state index in [1.807, 2.05) is 0 Å². The highest BCUT2D eigenvalue weighted by molar-refractivity contribution is 6.17. The van der Waals surface area contributed by atoms with E-state index in [-0.39, 0.29) is 17.0 Å². The molecule has 0 saturated heterocycles. The molecule has 1 aromatic rings. The minimum Gasteiger partial charge on any atom is -0.496 e. The number of carboxylic acid groups (broad SMARTS) is 1. The number of nitriles is 1. The van der Waals surface area contributed by atoms with Gasteiger partial charge in [0.15, 0.2) is 0 Å². The number of rotatable bonds is 3. The first-order chi connectivity index (χ1) is 7.13. The Kier molecular flexibility index (Phi) is 3.53. The number of aromatic carboxylic acids is 1. The summed E-state index contributed by atoms with van der Waals surface area (Å²) in [5, 5.41) is 17.6. The Labute approximate surface area is 91.7 Å². The van der Waals surface area contributed by atoms with Crippen LogP contribution in [-0.4, -0.2) is 18.2 Å². The lowest BCUT2D eigenvalue weighted by Gasteiger charge is -2.08. The second-order valence-electron chi connectivity index (χ2n) is 2.76. The molecule has 0 fully saturated rings. The number of ether oxygens (including phenoxy) is 1. The Morgan fingerprint density at radius 2 is 2.33 bits per heavy atom. The van der Waals surface area contributed by atoms with Gasteiger partial charge in [0.25, 0.3) is 0 Å². The van der Waals surface area contributed by atoms with E-state index in [4.69, 9.17) is 26.7 Å². The van der Waals surface area contributed by atoms with Gasteiger partial charge in [0.05, 0.1) is 24.1 Å². The summed E-state index contributed by atoms with van der Waals surface area (Å²) < 4.78 is 4.98. The molecular weight excluding hydrogens is 218 g/mol. The molecule has 4 nitrogen and oxygen atoms in total. The number of halogens is 1. The Morgan fingerprint density at radius 1 is 1.67 bits per heavy atom. The van der Waals surface area contributed by atoms with Gasteiger partial charge in [0.2, 0.25) is 0 Å². The molecule has 0 aromatic heterocycles. The van der Waals surface area contributed by atoms with Gasteiger partial charge in [-0.25, -0.2) is 4.79 Å². The number of carboxylic acids is 1. The normalized spacial score (nSPS) is 9.40. The third-order valence-corrected chi connectivity index (χ3v) is 2.20. The Bertz CT molecular complexity index is 437. The van der Waals surface area contributed by atoms with Crippen molar-refractivity contribution in [1.29, 1.82) is 5.26 Å². The lowest BCUT2D eigenvalue weighted by Crippen LogP contribution is -2.03. The third kappa shape index (κ3) is 2.20. The Hall–Kier alpha value is -1.73. The summed E-state index contributed by atoms with van der Waals surface area (Å²) in [6, 6.07) is 4.53. The quantitative estimate of drug-likeness (QED) is 0.799. The molecule has 5 heteroatoms. The van der Waals surface area contributed by atoms with E-state index in [2.05, 4.69) is 0 Å². The van der Waals surface area contributed by atoms with Crippen LogP contribution in [0, 0.1) is 11.3 Å². The number of alkyl halides is 1. The van der Waals surface area contributed by atoms with Crippen molar-refractivity contribution in [2.75, 3.05) is 7.11 Å². The topological polar surface area (TPSA) is 70.3 Å². The third-order valence-electron chi connectivity index (χ3n) is 1.92. The van der Waals surface area contributed by atoms with Gasteiger partial charge in [0, 0.05) is 5.56 Å². The molecular formula is C10H8ClNO3. The van der Waals surface area contributed by atoms with Crippen LogP contribution in [0.1, 0.15) is 21.5 Å². The zero-order valence-electron chi connectivity index (χ0n) is 7.95. The molecule has 0 aliphatic carbocycles. The molecule has 15 heavy (non-hydrogen) atoms. The van der Waals surface area contributed by atoms with E-state index in [0.717, 1.165) is 0 Å². The van der Waals surface area contributed by atoms with Gasteiger partial charge < -0.3 is 9.84 Å². The molecule has 78 valence electrons. The lowest BCUT2D eigenvalue weighted by molar-refractivity contribution is 0.0696. The average molecular weight is 226 g/mol. The van der Waals surface area contributed by atoms with Crippen molar-refractivity contribution in [3.8, 4) is 11.8 Å². The number of hydrogen-bond acceptors (Lipinski definition) is 3. The first-order valence-electron chi connectivity index (χ1n) is 4.04. The molecule has 1 N–H and O–H groups in total. The van der Waals surface area contributed by atoms with Gasteiger partial charge in [-0.05, 0) is 12.1 Å². The number of methoxy groups -OCH3 is 1. The van der Waals surface area contributed by atoms with Crippen molar-refractivity contribution in [2.45, 2.75) is 5.88 Å². The second kappa shape index (κ2) is 4.67. The monoisotopic (exact) mass is 225 g/mol. The maximum atomic E-state index is 10.8. The summed E-state index contributed by atoms with van der Waals surface area (Å²) >= 11 is 5.63. The van der Waals surface area contributed by atoms with Gasteiger partial charge in [-0.3, -0.25) is 0 Å². The van der Waals surface area contributed by atoms with E-state index < -0.39 is 5.97 Å². The summed E-state index contributed by atoms with van der Waals surface area (Å²) in [6.45, 7) is 0. The van der Waals surface area contributed by atoms with Crippen LogP contribution in [0.15, 0.2) is 12.1 Å². The van der Waals surface area contributed by atoms with Crippen LogP contribution < -0.4 is 4.74 Å². The molecule has 0 unspecified atom stereocenters. The van der Waals surface area contributed by atoms with Crippen molar-refractivity contribution < 1.29 is 14.6 Å². The molecule has 0 bridgehead atoms. The van der Waals surface area contributed by atoms with Crippen molar-refractivity contribution in [3.63, 3.8) is 0 Å². The highest BCUT2D eigenvalue weighted by Crippen LogP contribution is 2.24. The zero-order valence-corrected chi connectivity index (χ0v) is 8.71. The van der Waals surface area contributed by atoms with E-state index in [0.29, 0.717) is 11.3 Å². The van der Waals surface area contributed by atoms with Crippen LogP contribution in [0.2, 0.25) is 0 Å². The maximum absolute atomic E-state index is 10.8. The van der Waals surface area contributed by atoms with Crippen LogP contribution in [0.5, 0.6) is 5.75 Å². The highest BCUT2D eigenvalue weighted by atomic mass is 35.5. The van der Waals surface area contributed by atoms with E-state index in [1.165, 1.54) is 19.2 Å². The van der Waals surface area contributed by atoms with Crippen LogP contribution >= 0.6 is 11.6 Å². The minimum atomic E-state index is -1.15. The number of benzene rings is 1. The van der Waals surface area contributed by atoms with E-state index in [1.54, 1.807) is 6.07 Å². The molecule has 0 atom stereocenters. The SMILES string of the molecule is COc1cc(C#N)c(C(=O)O)cc1CCl. The van der Waals surface area contributed by atoms with Crippen molar-refractivity contribution in [2.24, 2.45) is 0 Å². The van der Waals surface area contributed by atoms with Crippen LogP contribution in [-0.2, 0) is 5.88 Å². The fourth-order valence-electron chi connectivity index (χ4n) is 1.19. The number of carbonyl (C=O) groups is 1. The van der Waals surface area contributed by atoms with E-state index in [9.17, 15) is 4.79 Å². The van der Waals surface area contributed by atoms with Gasteiger partial charge in [0.1, 0.15) is 11.8 Å². The summed E-state index contributed by atoms with van der Waals surface area (Å²) in [7, 11) is 1.44. The van der Waals surface area contributed by atoms with Crippen LogP contribution in [0.3, 0.4) is 0 Å². The summed E-state index contributed by atoms with van der Waals surface area (Å²) in [6.07, 6.45) is 0. The molecule has 0 aliphatic rings. The predicted molar refractivity (Wildman–Crippen MR) is 54.2 cm³/mol. The van der Waals surface area contributed by atoms with Gasteiger partial charge in [-0.1, -0.05) is 0 Å². The Balaban J connectivity index is 3.42. The molecule has 0 aliphatic heterocycles. The average Bonchev–Trinajstić information content (AvgIpc) is 2.26. The fourth-order valence-corrected chi connectivity index (χ4v) is 1.40. The smallest absolute Gasteiger partial charge is 0.337 e. The molecule has 0 radical (unpaired) electrons. The van der Waals surface area contributed by atoms with Crippen LogP contribution in [0.4, 0.5) is 0 Å². The first kappa shape index (κ1) is 11.3. The maximum Gasteiger partial charge on any atom is 0.337 e. The Morgan fingerprint density at radius 3 is 2.73 bits per heavy atom. The van der Waals surface area contributed by atoms with Crippen molar-refractivity contribution >= 4 is 17.6 Å². The zero-order chi connectivity index (χ0) is 11.4. The predicted octanol–water partition coefficient (Wildman–Crippen LogP) is 2.00. The summed E-state index contributed by atoms with van der Waals surface area (Å²) in [5.74, 6) is -0.595. The summed E-state index contributed by atoms with van der Waals surface area (Å²) in [4.78, 5) is 10.8. The lowest BCUT2D eigenvalue weighted by atomic mass is 10.0. The number of hydrogen-bond donors (Lipinski definition) is 1. The van der Waals surface area contributed by atoms with Gasteiger partial charge in [-0.15, -0.1) is 11.6 Å². The minimum absolute atomic E-state index is 0.0612. The van der Waals surface area contributed by atoms with Gasteiger partial charge in [-0.2, -0.15) is 5.26 Å². The molecule has 1 aromatic carbocycles. The van der Waals surface area contributed by atoms with Crippen LogP contribution in [0.25, 0.3) is 0 Å². The van der Waals surface area contributed by atoms with Gasteiger partial charge >= 0.3 is 5.97 Å². The van der Waals surface area contributed by atoms with E-state index >= 15 is 0 Å². The second-order valence-corrected chi connectivity index (χ2v) is 3.03. The van der Waals surface area contributed by atoms with Crippen molar-refractivity contribution in [3.05, 3.63) is 28.8 Å². The molecule has 0 saturated carbocycles. The molecule has 0 heterocycles. The largest absolute Gasteiger partial charge is 0.496 e. The van der Waals surface area contributed by atoms with Crippen molar-refractivity contribution in [1.82, 2.24) is 0 Å². The molecule has 0 amide bonds. The highest BCUT2D eigenvalue weighted by Gasteiger charge is 2.14. The standard InChI is InChI=1S/C10H8ClNO3/c1-15-9-3-7(5-12)8(10(13)14)2-6(9)4-11/h2-3H,4H2,1H3,(H,13,14). The first-order valence-corrected chi connectivity index (χ1v) is 4.57. The molecule has 1 rings (SSSR count). The number of nitrogens with zero attached hydrogens (tertiary/aromatic N) is 1. The fraction of sp³-hybridized carbons (Fsp3) is 0.200.